The van der Waals surface area contributed by atoms with Crippen LogP contribution in [0.2, 0.25) is 0 Å². The number of ether oxygens (including phenoxy) is 2. The molecule has 2 heterocycles. The minimum Gasteiger partial charge on any atom is -0.493 e. The van der Waals surface area contributed by atoms with Gasteiger partial charge in [0.05, 0.1) is 13.2 Å². The molecule has 0 saturated heterocycles. The maximum Gasteiger partial charge on any atom is 0.242 e. The van der Waals surface area contributed by atoms with Crippen molar-refractivity contribution in [1.29, 1.82) is 0 Å². The van der Waals surface area contributed by atoms with Gasteiger partial charge in [-0.2, -0.15) is 0 Å². The summed E-state index contributed by atoms with van der Waals surface area (Å²) in [6, 6.07) is 9.46. The van der Waals surface area contributed by atoms with Crippen molar-refractivity contribution in [2.75, 3.05) is 26.8 Å². The molecule has 1 aliphatic heterocycles. The SMILES string of the molecule is COc1ccccc1OC[C@@H]1c2ccsc2CCN1C(=O)CN(C(=O)C1CCCC1)C(C)C. The number of carbonyl (C=O) groups excluding carboxylic acids is 2. The van der Waals surface area contributed by atoms with Crippen LogP contribution in [0.3, 0.4) is 0 Å². The van der Waals surface area contributed by atoms with Crippen molar-refractivity contribution in [3.8, 4) is 11.5 Å². The number of hydrogen-bond donors (Lipinski definition) is 0. The van der Waals surface area contributed by atoms with Crippen LogP contribution < -0.4 is 9.47 Å². The van der Waals surface area contributed by atoms with Gasteiger partial charge >= 0.3 is 0 Å². The largest absolute Gasteiger partial charge is 0.493 e. The molecule has 1 aliphatic carbocycles. The highest BCUT2D eigenvalue weighted by Crippen LogP contribution is 2.35. The summed E-state index contributed by atoms with van der Waals surface area (Å²) in [5.41, 5.74) is 1.15. The second-order valence-electron chi connectivity index (χ2n) is 9.16. The minimum atomic E-state index is -0.187. The van der Waals surface area contributed by atoms with Gasteiger partial charge in [-0.1, -0.05) is 25.0 Å². The van der Waals surface area contributed by atoms with E-state index in [2.05, 4.69) is 11.4 Å². The highest BCUT2D eigenvalue weighted by Gasteiger charge is 2.35. The summed E-state index contributed by atoms with van der Waals surface area (Å²) < 4.78 is 11.6. The molecule has 0 spiro atoms. The van der Waals surface area contributed by atoms with Crippen LogP contribution in [0.4, 0.5) is 0 Å². The van der Waals surface area contributed by atoms with E-state index in [4.69, 9.17) is 9.47 Å². The summed E-state index contributed by atoms with van der Waals surface area (Å²) in [4.78, 5) is 31.7. The average molecular weight is 471 g/mol. The van der Waals surface area contributed by atoms with Crippen LogP contribution in [0, 0.1) is 5.92 Å². The van der Waals surface area contributed by atoms with E-state index in [-0.39, 0.29) is 36.4 Å². The van der Waals surface area contributed by atoms with Crippen molar-refractivity contribution in [2.45, 2.75) is 58.0 Å². The van der Waals surface area contributed by atoms with E-state index >= 15 is 0 Å². The average Bonchev–Trinajstić information content (AvgIpc) is 3.52. The number of hydrogen-bond acceptors (Lipinski definition) is 5. The minimum absolute atomic E-state index is 0.00757. The van der Waals surface area contributed by atoms with Gasteiger partial charge in [-0.15, -0.1) is 11.3 Å². The van der Waals surface area contributed by atoms with E-state index in [9.17, 15) is 9.59 Å². The van der Waals surface area contributed by atoms with E-state index in [1.165, 1.54) is 4.88 Å². The zero-order valence-corrected chi connectivity index (χ0v) is 20.6. The van der Waals surface area contributed by atoms with Crippen LogP contribution in [0.1, 0.15) is 56.0 Å². The van der Waals surface area contributed by atoms with Crippen LogP contribution >= 0.6 is 11.3 Å². The Kier molecular flexibility index (Phi) is 7.58. The van der Waals surface area contributed by atoms with E-state index in [0.717, 1.165) is 37.7 Å². The molecule has 178 valence electrons. The highest BCUT2D eigenvalue weighted by atomic mass is 32.1. The first kappa shape index (κ1) is 23.6. The molecule has 7 heteroatoms. The Labute approximate surface area is 200 Å². The maximum absolute atomic E-state index is 13.6. The summed E-state index contributed by atoms with van der Waals surface area (Å²) in [6.07, 6.45) is 4.92. The number of rotatable bonds is 8. The third-order valence-corrected chi connectivity index (χ3v) is 7.79. The lowest BCUT2D eigenvalue weighted by molar-refractivity contribution is -0.146. The van der Waals surface area contributed by atoms with E-state index in [1.54, 1.807) is 23.3 Å². The molecule has 6 nitrogen and oxygen atoms in total. The molecule has 0 bridgehead atoms. The Bertz CT molecular complexity index is 967. The van der Waals surface area contributed by atoms with Gasteiger partial charge in [-0.05, 0) is 62.3 Å². The van der Waals surface area contributed by atoms with Gasteiger partial charge in [-0.25, -0.2) is 0 Å². The summed E-state index contributed by atoms with van der Waals surface area (Å²) in [5, 5.41) is 2.08. The van der Waals surface area contributed by atoms with Crippen molar-refractivity contribution >= 4 is 23.2 Å². The van der Waals surface area contributed by atoms with E-state index in [0.29, 0.717) is 24.7 Å². The van der Waals surface area contributed by atoms with Crippen molar-refractivity contribution in [3.63, 3.8) is 0 Å². The summed E-state index contributed by atoms with van der Waals surface area (Å²) in [7, 11) is 1.62. The Hall–Kier alpha value is -2.54. The molecule has 2 aliphatic rings. The van der Waals surface area contributed by atoms with Crippen LogP contribution in [-0.4, -0.2) is 54.5 Å². The number of fused-ring (bicyclic) bond motifs is 1. The Morgan fingerprint density at radius 3 is 2.58 bits per heavy atom. The number of para-hydroxylation sites is 2. The van der Waals surface area contributed by atoms with Gasteiger partial charge < -0.3 is 19.3 Å². The van der Waals surface area contributed by atoms with Crippen molar-refractivity contribution in [1.82, 2.24) is 9.80 Å². The zero-order valence-electron chi connectivity index (χ0n) is 19.8. The van der Waals surface area contributed by atoms with Gasteiger partial charge in [0.25, 0.3) is 0 Å². The lowest BCUT2D eigenvalue weighted by atomic mass is 10.00. The number of benzene rings is 1. The van der Waals surface area contributed by atoms with E-state index < -0.39 is 0 Å². The molecular weight excluding hydrogens is 436 g/mol. The number of carbonyl (C=O) groups is 2. The van der Waals surface area contributed by atoms with Crippen LogP contribution in [0.5, 0.6) is 11.5 Å². The predicted octanol–water partition coefficient (Wildman–Crippen LogP) is 4.69. The lowest BCUT2D eigenvalue weighted by Gasteiger charge is -2.38. The van der Waals surface area contributed by atoms with Gasteiger partial charge in [0.15, 0.2) is 11.5 Å². The smallest absolute Gasteiger partial charge is 0.242 e. The predicted molar refractivity (Wildman–Crippen MR) is 130 cm³/mol. The zero-order chi connectivity index (χ0) is 23.4. The first-order valence-electron chi connectivity index (χ1n) is 11.9. The van der Waals surface area contributed by atoms with Crippen molar-refractivity contribution < 1.29 is 19.1 Å². The molecule has 2 amide bonds. The highest BCUT2D eigenvalue weighted by molar-refractivity contribution is 7.10. The number of nitrogens with zero attached hydrogens (tertiary/aromatic N) is 2. The first-order chi connectivity index (χ1) is 16.0. The lowest BCUT2D eigenvalue weighted by Crippen LogP contribution is -2.50. The number of thiophene rings is 1. The van der Waals surface area contributed by atoms with Gasteiger partial charge in [0.2, 0.25) is 11.8 Å². The van der Waals surface area contributed by atoms with Gasteiger partial charge in [-0.3, -0.25) is 9.59 Å². The summed E-state index contributed by atoms with van der Waals surface area (Å²) in [5.74, 6) is 1.51. The third kappa shape index (κ3) is 5.18. The summed E-state index contributed by atoms with van der Waals surface area (Å²) >= 11 is 1.73. The fourth-order valence-corrected chi connectivity index (χ4v) is 5.87. The topological polar surface area (TPSA) is 59.1 Å². The molecule has 0 unspecified atom stereocenters. The van der Waals surface area contributed by atoms with E-state index in [1.807, 2.05) is 43.0 Å². The molecule has 1 atom stereocenters. The molecule has 33 heavy (non-hydrogen) atoms. The van der Waals surface area contributed by atoms with Crippen LogP contribution in [-0.2, 0) is 16.0 Å². The molecule has 1 aromatic carbocycles. The van der Waals surface area contributed by atoms with Crippen molar-refractivity contribution in [2.24, 2.45) is 5.92 Å². The summed E-state index contributed by atoms with van der Waals surface area (Å²) in [6.45, 7) is 5.09. The monoisotopic (exact) mass is 470 g/mol. The molecule has 1 saturated carbocycles. The molecule has 1 fully saturated rings. The molecule has 0 N–H and O–H groups in total. The Morgan fingerprint density at radius 1 is 1.15 bits per heavy atom. The fraction of sp³-hybridized carbons (Fsp3) is 0.538. The second-order valence-corrected chi connectivity index (χ2v) is 10.2. The molecule has 0 radical (unpaired) electrons. The normalized spacial score (nSPS) is 18.3. The van der Waals surface area contributed by atoms with Crippen molar-refractivity contribution in [3.05, 3.63) is 46.2 Å². The second kappa shape index (κ2) is 10.6. The molecule has 1 aromatic heterocycles. The quantitative estimate of drug-likeness (QED) is 0.562. The number of methoxy groups -OCH3 is 1. The fourth-order valence-electron chi connectivity index (χ4n) is 4.94. The molecule has 2 aromatic rings. The first-order valence-corrected chi connectivity index (χ1v) is 12.8. The molecule has 4 rings (SSSR count). The Morgan fingerprint density at radius 2 is 1.88 bits per heavy atom. The van der Waals surface area contributed by atoms with Gasteiger partial charge in [0.1, 0.15) is 13.2 Å². The molecular formula is C26H34N2O4S. The van der Waals surface area contributed by atoms with Crippen LogP contribution in [0.15, 0.2) is 35.7 Å². The van der Waals surface area contributed by atoms with Gasteiger partial charge in [0, 0.05) is 23.4 Å². The van der Waals surface area contributed by atoms with Crippen LogP contribution in [0.25, 0.3) is 0 Å². The number of amides is 2. The maximum atomic E-state index is 13.6. The standard InChI is InChI=1S/C26H34N2O4S/c1-18(2)28(26(30)19-8-4-5-9-19)16-25(29)27-14-12-24-20(13-15-33-24)21(27)17-32-23-11-7-6-10-22(23)31-3/h6-7,10-11,13,15,18-19,21H,4-5,8-9,12,14,16-17H2,1-3H3/t21-/m1/s1. The Balaban J connectivity index is 1.51. The third-order valence-electron chi connectivity index (χ3n) is 6.80.